The van der Waals surface area contributed by atoms with Crippen LogP contribution in [0.5, 0.6) is 0 Å². The molecule has 1 atom stereocenters. The predicted molar refractivity (Wildman–Crippen MR) is 141 cm³/mol. The van der Waals surface area contributed by atoms with E-state index < -0.39 is 0 Å². The van der Waals surface area contributed by atoms with Crippen LogP contribution in [0.4, 0.5) is 5.69 Å². The molecule has 7 nitrogen and oxygen atoms in total. The SMILES string of the molecule is Cc1ccccc1C(=O)N[C@@H](C)c1nnc(SCC(=O)Nc2ccc(I)cc2C(C)C)n1C. The van der Waals surface area contributed by atoms with Crippen LogP contribution in [0.3, 0.4) is 0 Å². The van der Waals surface area contributed by atoms with Gasteiger partial charge in [-0.15, -0.1) is 10.2 Å². The van der Waals surface area contributed by atoms with Crippen LogP contribution < -0.4 is 10.6 Å². The number of anilines is 1. The number of thioether (sulfide) groups is 1. The standard InChI is InChI=1S/C24H28IN5O2S/c1-14(2)19-12-17(25)10-11-20(19)27-21(31)13-33-24-29-28-22(30(24)5)16(4)26-23(32)18-9-7-6-8-15(18)3/h6-12,14,16H,13H2,1-5H3,(H,26,32)(H,27,31)/t16-/m0/s1. The number of benzene rings is 2. The number of carbonyl (C=O) groups excluding carboxylic acids is 2. The fraction of sp³-hybridized carbons (Fsp3) is 0.333. The maximum absolute atomic E-state index is 12.6. The van der Waals surface area contributed by atoms with Crippen LogP contribution in [0, 0.1) is 10.5 Å². The molecule has 0 saturated carbocycles. The predicted octanol–water partition coefficient (Wildman–Crippen LogP) is 5.07. The van der Waals surface area contributed by atoms with Gasteiger partial charge < -0.3 is 15.2 Å². The molecule has 3 aromatic rings. The van der Waals surface area contributed by atoms with E-state index >= 15 is 0 Å². The maximum atomic E-state index is 12.6. The minimum Gasteiger partial charge on any atom is -0.342 e. The maximum Gasteiger partial charge on any atom is 0.252 e. The highest BCUT2D eigenvalue weighted by Crippen LogP contribution is 2.27. The van der Waals surface area contributed by atoms with Crippen molar-refractivity contribution in [2.75, 3.05) is 11.1 Å². The number of hydrogen-bond donors (Lipinski definition) is 2. The molecule has 2 amide bonds. The van der Waals surface area contributed by atoms with Gasteiger partial charge in [0, 0.05) is 21.9 Å². The number of nitrogens with zero attached hydrogens (tertiary/aromatic N) is 3. The van der Waals surface area contributed by atoms with Gasteiger partial charge in [0.2, 0.25) is 5.91 Å². The average Bonchev–Trinajstić information content (AvgIpc) is 3.14. The van der Waals surface area contributed by atoms with Gasteiger partial charge in [0.1, 0.15) is 0 Å². The Hall–Kier alpha value is -2.40. The van der Waals surface area contributed by atoms with Crippen LogP contribution in [0.15, 0.2) is 47.6 Å². The monoisotopic (exact) mass is 577 g/mol. The number of aromatic nitrogens is 3. The number of halogens is 1. The average molecular weight is 577 g/mol. The normalized spacial score (nSPS) is 12.0. The Kier molecular flexibility index (Phi) is 8.52. The summed E-state index contributed by atoms with van der Waals surface area (Å²) in [5, 5.41) is 15.1. The molecule has 0 spiro atoms. The summed E-state index contributed by atoms with van der Waals surface area (Å²) >= 11 is 3.59. The van der Waals surface area contributed by atoms with E-state index in [9.17, 15) is 9.59 Å². The van der Waals surface area contributed by atoms with Crippen molar-refractivity contribution >= 4 is 51.9 Å². The van der Waals surface area contributed by atoms with Gasteiger partial charge >= 0.3 is 0 Å². The van der Waals surface area contributed by atoms with Crippen molar-refractivity contribution in [3.63, 3.8) is 0 Å². The van der Waals surface area contributed by atoms with Gasteiger partial charge in [-0.1, -0.05) is 43.8 Å². The summed E-state index contributed by atoms with van der Waals surface area (Å²) in [6.45, 7) is 7.99. The fourth-order valence-corrected chi connectivity index (χ4v) is 4.67. The van der Waals surface area contributed by atoms with Crippen LogP contribution >= 0.6 is 34.4 Å². The van der Waals surface area contributed by atoms with Crippen LogP contribution in [-0.2, 0) is 11.8 Å². The van der Waals surface area contributed by atoms with E-state index in [1.165, 1.54) is 11.8 Å². The van der Waals surface area contributed by atoms with Gasteiger partial charge in [-0.25, -0.2) is 0 Å². The zero-order valence-electron chi connectivity index (χ0n) is 19.3. The summed E-state index contributed by atoms with van der Waals surface area (Å²) in [6.07, 6.45) is 0. The first-order valence-corrected chi connectivity index (χ1v) is 12.7. The van der Waals surface area contributed by atoms with Gasteiger partial charge in [0.15, 0.2) is 11.0 Å². The number of carbonyl (C=O) groups is 2. The Bertz CT molecular complexity index is 1160. The Labute approximate surface area is 212 Å². The van der Waals surface area contributed by atoms with Crippen LogP contribution in [0.2, 0.25) is 0 Å². The molecule has 0 unspecified atom stereocenters. The fourth-order valence-electron chi connectivity index (χ4n) is 3.44. The molecular weight excluding hydrogens is 549 g/mol. The van der Waals surface area contributed by atoms with Gasteiger partial charge in [0.05, 0.1) is 11.8 Å². The largest absolute Gasteiger partial charge is 0.342 e. The first-order chi connectivity index (χ1) is 15.7. The molecular formula is C24H28IN5O2S. The third-order valence-corrected chi connectivity index (χ3v) is 6.93. The molecule has 0 aliphatic rings. The molecule has 0 radical (unpaired) electrons. The summed E-state index contributed by atoms with van der Waals surface area (Å²) in [7, 11) is 1.84. The molecule has 174 valence electrons. The molecule has 2 aromatic carbocycles. The minimum atomic E-state index is -0.335. The molecule has 33 heavy (non-hydrogen) atoms. The summed E-state index contributed by atoms with van der Waals surface area (Å²) in [6, 6.07) is 13.1. The lowest BCUT2D eigenvalue weighted by atomic mass is 10.0. The zero-order chi connectivity index (χ0) is 24.1. The summed E-state index contributed by atoms with van der Waals surface area (Å²) in [5.74, 6) is 0.878. The van der Waals surface area contributed by atoms with Crippen molar-refractivity contribution in [2.24, 2.45) is 7.05 Å². The van der Waals surface area contributed by atoms with Gasteiger partial charge in [0.25, 0.3) is 5.91 Å². The molecule has 0 bridgehead atoms. The number of rotatable bonds is 8. The van der Waals surface area contributed by atoms with E-state index in [-0.39, 0.29) is 23.6 Å². The summed E-state index contributed by atoms with van der Waals surface area (Å²) < 4.78 is 2.95. The van der Waals surface area contributed by atoms with Gasteiger partial charge in [-0.05, 0) is 77.7 Å². The van der Waals surface area contributed by atoms with E-state index in [4.69, 9.17) is 0 Å². The lowest BCUT2D eigenvalue weighted by Crippen LogP contribution is -2.29. The van der Waals surface area contributed by atoms with E-state index in [2.05, 4.69) is 63.3 Å². The minimum absolute atomic E-state index is 0.103. The molecule has 0 aliphatic carbocycles. The van der Waals surface area contributed by atoms with Gasteiger partial charge in [-0.2, -0.15) is 0 Å². The van der Waals surface area contributed by atoms with E-state index in [1.54, 1.807) is 6.07 Å². The lowest BCUT2D eigenvalue weighted by molar-refractivity contribution is -0.113. The molecule has 9 heteroatoms. The van der Waals surface area contributed by atoms with Crippen molar-refractivity contribution < 1.29 is 9.59 Å². The second-order valence-corrected chi connectivity index (χ2v) is 10.3. The quantitative estimate of drug-likeness (QED) is 0.288. The van der Waals surface area contributed by atoms with E-state index in [0.717, 1.165) is 20.4 Å². The van der Waals surface area contributed by atoms with Crippen LogP contribution in [0.1, 0.15) is 60.0 Å². The van der Waals surface area contributed by atoms with Crippen molar-refractivity contribution in [1.82, 2.24) is 20.1 Å². The topological polar surface area (TPSA) is 88.9 Å². The first-order valence-electron chi connectivity index (χ1n) is 10.6. The lowest BCUT2D eigenvalue weighted by Gasteiger charge is -2.15. The Morgan fingerprint density at radius 1 is 1.12 bits per heavy atom. The molecule has 1 aromatic heterocycles. The summed E-state index contributed by atoms with van der Waals surface area (Å²) in [4.78, 5) is 25.2. The zero-order valence-corrected chi connectivity index (χ0v) is 22.3. The van der Waals surface area contributed by atoms with Gasteiger partial charge in [-0.3, -0.25) is 9.59 Å². The van der Waals surface area contributed by atoms with Crippen LogP contribution in [0.25, 0.3) is 0 Å². The molecule has 0 aliphatic heterocycles. The van der Waals surface area contributed by atoms with Crippen LogP contribution in [-0.4, -0.2) is 32.3 Å². The molecule has 1 heterocycles. The second kappa shape index (κ2) is 11.1. The number of nitrogens with one attached hydrogen (secondary N) is 2. The third kappa shape index (κ3) is 6.35. The van der Waals surface area contributed by atoms with Crippen molar-refractivity contribution in [3.05, 3.63) is 68.5 Å². The summed E-state index contributed by atoms with van der Waals surface area (Å²) in [5.41, 5.74) is 3.49. The molecule has 0 saturated heterocycles. The van der Waals surface area contributed by atoms with Crippen molar-refractivity contribution in [3.8, 4) is 0 Å². The first kappa shape index (κ1) is 25.2. The van der Waals surface area contributed by atoms with E-state index in [0.29, 0.717) is 22.5 Å². The second-order valence-electron chi connectivity index (χ2n) is 8.13. The highest BCUT2D eigenvalue weighted by atomic mass is 127. The number of hydrogen-bond acceptors (Lipinski definition) is 5. The highest BCUT2D eigenvalue weighted by Gasteiger charge is 2.20. The number of amides is 2. The van der Waals surface area contributed by atoms with Crippen molar-refractivity contribution in [1.29, 1.82) is 0 Å². The Balaban J connectivity index is 1.61. The molecule has 0 fully saturated rings. The molecule has 3 rings (SSSR count). The Morgan fingerprint density at radius 3 is 2.55 bits per heavy atom. The third-order valence-electron chi connectivity index (χ3n) is 5.24. The highest BCUT2D eigenvalue weighted by molar-refractivity contribution is 14.1. The number of aryl methyl sites for hydroxylation is 1. The smallest absolute Gasteiger partial charge is 0.252 e. The Morgan fingerprint density at radius 2 is 1.85 bits per heavy atom. The molecule has 2 N–H and O–H groups in total. The van der Waals surface area contributed by atoms with E-state index in [1.807, 2.05) is 55.8 Å². The van der Waals surface area contributed by atoms with Crippen molar-refractivity contribution in [2.45, 2.75) is 44.8 Å².